The topological polar surface area (TPSA) is 138 Å². The van der Waals surface area contributed by atoms with Crippen molar-refractivity contribution < 1.29 is 4.74 Å². The van der Waals surface area contributed by atoms with Crippen molar-refractivity contribution >= 4 is 29.0 Å². The van der Waals surface area contributed by atoms with Crippen molar-refractivity contribution in [1.29, 1.82) is 0 Å². The zero-order chi connectivity index (χ0) is 20.5. The molecular formula is C17H13ClN6O4S. The highest BCUT2D eigenvalue weighted by molar-refractivity contribution is 7.98. The average Bonchev–Trinajstić information content (AvgIpc) is 3.14. The molecule has 148 valence electrons. The zero-order valence-electron chi connectivity index (χ0n) is 14.9. The van der Waals surface area contributed by atoms with Crippen LogP contribution in [0.4, 0.5) is 0 Å². The van der Waals surface area contributed by atoms with Gasteiger partial charge in [0.25, 0.3) is 5.56 Å². The smallest absolute Gasteiger partial charge is 0.350 e. The highest BCUT2D eigenvalue weighted by Crippen LogP contribution is 2.26. The second-order valence-corrected chi connectivity index (χ2v) is 7.20. The zero-order valence-corrected chi connectivity index (χ0v) is 16.4. The summed E-state index contributed by atoms with van der Waals surface area (Å²) < 4.78 is 6.32. The second kappa shape index (κ2) is 7.60. The van der Waals surface area contributed by atoms with E-state index in [1.54, 1.807) is 25.4 Å². The van der Waals surface area contributed by atoms with Crippen molar-refractivity contribution in [1.82, 2.24) is 29.5 Å². The van der Waals surface area contributed by atoms with Crippen LogP contribution in [0.2, 0.25) is 5.02 Å². The number of hydrogen-bond donors (Lipinski definition) is 3. The third-order valence-electron chi connectivity index (χ3n) is 4.07. The molecule has 0 saturated carbocycles. The number of methoxy groups -OCH3 is 1. The maximum Gasteiger partial charge on any atom is 0.350 e. The molecule has 0 spiro atoms. The number of nitrogens with one attached hydrogen (secondary N) is 3. The Kier molecular flexibility index (Phi) is 4.99. The molecule has 10 nitrogen and oxygen atoms in total. The van der Waals surface area contributed by atoms with Gasteiger partial charge in [0.1, 0.15) is 10.8 Å². The summed E-state index contributed by atoms with van der Waals surface area (Å²) in [7, 11) is 1.58. The van der Waals surface area contributed by atoms with Gasteiger partial charge in [0.2, 0.25) is 0 Å². The molecule has 3 aromatic heterocycles. The van der Waals surface area contributed by atoms with Crippen molar-refractivity contribution in [2.45, 2.75) is 10.9 Å². The molecule has 4 aromatic rings. The van der Waals surface area contributed by atoms with Crippen LogP contribution in [-0.2, 0) is 5.75 Å². The molecule has 4 rings (SSSR count). The fourth-order valence-electron chi connectivity index (χ4n) is 2.67. The van der Waals surface area contributed by atoms with Crippen molar-refractivity contribution in [2.24, 2.45) is 0 Å². The van der Waals surface area contributed by atoms with Gasteiger partial charge < -0.3 is 9.72 Å². The Labute approximate surface area is 170 Å². The minimum Gasteiger partial charge on any atom is -0.497 e. The lowest BCUT2D eigenvalue weighted by molar-refractivity contribution is 0.415. The first-order valence-electron chi connectivity index (χ1n) is 8.22. The van der Waals surface area contributed by atoms with E-state index in [9.17, 15) is 14.4 Å². The van der Waals surface area contributed by atoms with Gasteiger partial charge in [0.15, 0.2) is 10.8 Å². The maximum absolute atomic E-state index is 12.4. The average molecular weight is 433 g/mol. The Morgan fingerprint density at radius 3 is 2.62 bits per heavy atom. The number of halogens is 1. The number of ether oxygens (including phenoxy) is 1. The van der Waals surface area contributed by atoms with Gasteiger partial charge in [-0.1, -0.05) is 35.5 Å². The highest BCUT2D eigenvalue weighted by atomic mass is 35.5. The van der Waals surface area contributed by atoms with Crippen LogP contribution in [0.3, 0.4) is 0 Å². The van der Waals surface area contributed by atoms with E-state index in [0.717, 1.165) is 21.8 Å². The number of benzene rings is 1. The van der Waals surface area contributed by atoms with Gasteiger partial charge in [-0.3, -0.25) is 14.8 Å². The monoisotopic (exact) mass is 432 g/mol. The summed E-state index contributed by atoms with van der Waals surface area (Å²) in [6.07, 6.45) is 1.55. The number of rotatable bonds is 5. The van der Waals surface area contributed by atoms with Crippen LogP contribution < -0.4 is 21.7 Å². The normalized spacial score (nSPS) is 11.1. The molecule has 1 aromatic carbocycles. The number of H-pyrrole nitrogens is 3. The molecule has 0 atom stereocenters. The summed E-state index contributed by atoms with van der Waals surface area (Å²) >= 11 is 7.04. The maximum atomic E-state index is 12.4. The third-order valence-corrected chi connectivity index (χ3v) is 5.37. The van der Waals surface area contributed by atoms with Crippen molar-refractivity contribution in [3.63, 3.8) is 0 Å². The lowest BCUT2D eigenvalue weighted by Gasteiger charge is -2.05. The predicted octanol–water partition coefficient (Wildman–Crippen LogP) is 1.42. The Bertz CT molecular complexity index is 1370. The Balaban J connectivity index is 1.70. The lowest BCUT2D eigenvalue weighted by Crippen LogP contribution is -2.24. The van der Waals surface area contributed by atoms with E-state index in [4.69, 9.17) is 16.3 Å². The molecule has 0 bridgehead atoms. The van der Waals surface area contributed by atoms with Crippen LogP contribution in [0.1, 0.15) is 5.69 Å². The summed E-state index contributed by atoms with van der Waals surface area (Å²) in [5.41, 5.74) is 0.275. The molecular weight excluding hydrogens is 420 g/mol. The molecule has 0 amide bonds. The van der Waals surface area contributed by atoms with Gasteiger partial charge in [-0.2, -0.15) is 9.61 Å². The Morgan fingerprint density at radius 2 is 1.90 bits per heavy atom. The van der Waals surface area contributed by atoms with E-state index >= 15 is 0 Å². The molecule has 0 aliphatic carbocycles. The van der Waals surface area contributed by atoms with E-state index in [2.05, 4.69) is 20.1 Å². The van der Waals surface area contributed by atoms with E-state index in [0.29, 0.717) is 17.0 Å². The second-order valence-electron chi connectivity index (χ2n) is 5.86. The molecule has 0 saturated heterocycles. The summed E-state index contributed by atoms with van der Waals surface area (Å²) in [5.74, 6) is 0.833. The van der Waals surface area contributed by atoms with Crippen LogP contribution in [0.5, 0.6) is 5.75 Å². The predicted molar refractivity (Wildman–Crippen MR) is 108 cm³/mol. The molecule has 0 aliphatic rings. The largest absolute Gasteiger partial charge is 0.497 e. The minimum atomic E-state index is -0.680. The number of aromatic nitrogens is 6. The van der Waals surface area contributed by atoms with Crippen LogP contribution in [-0.4, -0.2) is 36.7 Å². The van der Waals surface area contributed by atoms with Crippen LogP contribution >= 0.6 is 23.4 Å². The van der Waals surface area contributed by atoms with Crippen LogP contribution in [0, 0.1) is 0 Å². The first-order chi connectivity index (χ1) is 14.0. The van der Waals surface area contributed by atoms with Crippen molar-refractivity contribution in [3.05, 3.63) is 72.5 Å². The van der Waals surface area contributed by atoms with Gasteiger partial charge >= 0.3 is 11.4 Å². The fraction of sp³-hybridized carbons (Fsp3) is 0.118. The van der Waals surface area contributed by atoms with Crippen LogP contribution in [0.25, 0.3) is 16.8 Å². The third kappa shape index (κ3) is 3.69. The molecule has 0 radical (unpaired) electrons. The quantitative estimate of drug-likeness (QED) is 0.405. The lowest BCUT2D eigenvalue weighted by atomic mass is 10.1. The summed E-state index contributed by atoms with van der Waals surface area (Å²) in [6, 6.07) is 7.28. The van der Waals surface area contributed by atoms with E-state index in [-0.39, 0.29) is 21.6 Å². The molecule has 0 aliphatic heterocycles. The Hall–Kier alpha value is -3.31. The molecule has 3 N–H and O–H groups in total. The number of nitrogens with zero attached hydrogens (tertiary/aromatic N) is 3. The first-order valence-corrected chi connectivity index (χ1v) is 9.59. The standard InChI is InChI=1S/C17H13ClN6O4S/c1-28-9-4-2-8(3-5-9)10-6-19-24-13(10)21-16(23-17(24)27)29-7-11-12(18)14(25)22-15(26)20-11/h2-6H,7H2,1H3,(H,21,23,27)(H2,20,22,25,26). The van der Waals surface area contributed by atoms with Crippen molar-refractivity contribution in [2.75, 3.05) is 7.11 Å². The van der Waals surface area contributed by atoms with Gasteiger partial charge in [0.05, 0.1) is 19.0 Å². The number of thioether (sulfide) groups is 1. The van der Waals surface area contributed by atoms with Crippen molar-refractivity contribution in [3.8, 4) is 16.9 Å². The highest BCUT2D eigenvalue weighted by Gasteiger charge is 2.14. The van der Waals surface area contributed by atoms with Gasteiger partial charge in [0, 0.05) is 11.3 Å². The summed E-state index contributed by atoms with van der Waals surface area (Å²) in [5, 5.41) is 4.26. The number of hydrogen-bond acceptors (Lipinski definition) is 7. The van der Waals surface area contributed by atoms with Gasteiger partial charge in [-0.05, 0) is 17.7 Å². The molecule has 0 unspecified atom stereocenters. The summed E-state index contributed by atoms with van der Waals surface area (Å²) in [6.45, 7) is 0. The minimum absolute atomic E-state index is 0.121. The van der Waals surface area contributed by atoms with E-state index in [1.807, 2.05) is 17.1 Å². The van der Waals surface area contributed by atoms with E-state index in [1.165, 1.54) is 0 Å². The number of fused-ring (bicyclic) bond motifs is 1. The molecule has 3 heterocycles. The van der Waals surface area contributed by atoms with Gasteiger partial charge in [-0.15, -0.1) is 0 Å². The van der Waals surface area contributed by atoms with Gasteiger partial charge in [-0.25, -0.2) is 14.6 Å². The Morgan fingerprint density at radius 1 is 1.14 bits per heavy atom. The molecule has 0 fully saturated rings. The first kappa shape index (κ1) is 19.0. The van der Waals surface area contributed by atoms with Crippen LogP contribution in [0.15, 0.2) is 50.0 Å². The SMILES string of the molecule is COc1ccc(-c2cnn3c(=O)[nH]c(SCc4[nH]c(=O)[nH]c(=O)c4Cl)nc23)cc1. The van der Waals surface area contributed by atoms with E-state index < -0.39 is 16.9 Å². The number of aromatic amines is 3. The molecule has 12 heteroatoms. The molecule has 29 heavy (non-hydrogen) atoms. The summed E-state index contributed by atoms with van der Waals surface area (Å²) in [4.78, 5) is 47.0. The fourth-order valence-corrected chi connectivity index (χ4v) is 3.72.